The zero-order valence-electron chi connectivity index (χ0n) is 19.4. The molecule has 0 atom stereocenters. The highest BCUT2D eigenvalue weighted by atomic mass is 16.5. The molecule has 0 unspecified atom stereocenters. The molecule has 172 valence electrons. The van der Waals surface area contributed by atoms with E-state index in [-0.39, 0.29) is 11.5 Å². The fourth-order valence-corrected chi connectivity index (χ4v) is 4.27. The van der Waals surface area contributed by atoms with Crippen LogP contribution in [0, 0.1) is 25.2 Å². The highest BCUT2D eigenvalue weighted by Gasteiger charge is 2.14. The summed E-state index contributed by atoms with van der Waals surface area (Å²) in [5.74, 6) is 0.942. The molecule has 8 heteroatoms. The van der Waals surface area contributed by atoms with Gasteiger partial charge < -0.3 is 9.72 Å². The highest BCUT2D eigenvalue weighted by Crippen LogP contribution is 2.34. The van der Waals surface area contributed by atoms with Gasteiger partial charge in [0.1, 0.15) is 17.4 Å². The van der Waals surface area contributed by atoms with Gasteiger partial charge in [-0.3, -0.25) is 9.78 Å². The Hall–Kier alpha value is -4.90. The van der Waals surface area contributed by atoms with E-state index in [0.29, 0.717) is 11.3 Å². The van der Waals surface area contributed by atoms with Crippen molar-refractivity contribution in [2.75, 3.05) is 12.5 Å². The van der Waals surface area contributed by atoms with Crippen LogP contribution in [-0.4, -0.2) is 28.3 Å². The lowest BCUT2D eigenvalue weighted by atomic mass is 9.99. The molecule has 5 aromatic rings. The van der Waals surface area contributed by atoms with Crippen LogP contribution in [0.1, 0.15) is 22.3 Å². The fraction of sp³-hybridized carbons (Fsp3) is 0.111. The Morgan fingerprint density at radius 2 is 1.91 bits per heavy atom. The summed E-state index contributed by atoms with van der Waals surface area (Å²) >= 11 is 0. The smallest absolute Gasteiger partial charge is 0.270 e. The second-order valence-corrected chi connectivity index (χ2v) is 8.18. The van der Waals surface area contributed by atoms with Gasteiger partial charge in [0.05, 0.1) is 19.0 Å². The summed E-state index contributed by atoms with van der Waals surface area (Å²) in [4.78, 5) is 23.0. The maximum Gasteiger partial charge on any atom is 0.270 e. The second kappa shape index (κ2) is 8.80. The number of H-pyrrole nitrogens is 2. The van der Waals surface area contributed by atoms with Crippen molar-refractivity contribution >= 4 is 34.0 Å². The third-order valence-corrected chi connectivity index (χ3v) is 6.03. The predicted molar refractivity (Wildman–Crippen MR) is 138 cm³/mol. The van der Waals surface area contributed by atoms with Crippen LogP contribution in [0.25, 0.3) is 33.1 Å². The number of rotatable bonds is 5. The molecular weight excluding hydrogens is 440 g/mol. The van der Waals surface area contributed by atoms with Crippen molar-refractivity contribution < 1.29 is 4.74 Å². The van der Waals surface area contributed by atoms with Gasteiger partial charge in [-0.1, -0.05) is 30.3 Å². The van der Waals surface area contributed by atoms with E-state index in [4.69, 9.17) is 4.74 Å². The maximum atomic E-state index is 12.5. The first kappa shape index (κ1) is 21.9. The molecule has 3 N–H and O–H groups in total. The summed E-state index contributed by atoms with van der Waals surface area (Å²) < 4.78 is 5.42. The monoisotopic (exact) mass is 462 g/mol. The largest absolute Gasteiger partial charge is 0.497 e. The SMILES string of the molecule is COc1ccc2[nH]c3c(C)cc(C=NNc4nc(-c5ccccc5)c(C#N)c(=O)[nH]4)c(C)c3c2c1. The van der Waals surface area contributed by atoms with Crippen LogP contribution in [0.5, 0.6) is 5.75 Å². The van der Waals surface area contributed by atoms with E-state index < -0.39 is 5.56 Å². The van der Waals surface area contributed by atoms with E-state index in [1.165, 1.54) is 0 Å². The maximum absolute atomic E-state index is 12.5. The van der Waals surface area contributed by atoms with Gasteiger partial charge in [0.2, 0.25) is 5.95 Å². The molecule has 8 nitrogen and oxygen atoms in total. The van der Waals surface area contributed by atoms with Gasteiger partial charge in [0.15, 0.2) is 0 Å². The van der Waals surface area contributed by atoms with Gasteiger partial charge >= 0.3 is 0 Å². The van der Waals surface area contributed by atoms with Crippen molar-refractivity contribution in [2.45, 2.75) is 13.8 Å². The average Bonchev–Trinajstić information content (AvgIpc) is 3.27. The van der Waals surface area contributed by atoms with Gasteiger partial charge in [-0.25, -0.2) is 10.4 Å². The molecule has 0 bridgehead atoms. The molecule has 0 amide bonds. The molecule has 0 aliphatic rings. The zero-order valence-corrected chi connectivity index (χ0v) is 19.4. The fourth-order valence-electron chi connectivity index (χ4n) is 4.27. The summed E-state index contributed by atoms with van der Waals surface area (Å²) in [6.45, 7) is 4.09. The Labute approximate surface area is 200 Å². The van der Waals surface area contributed by atoms with E-state index in [9.17, 15) is 10.1 Å². The van der Waals surface area contributed by atoms with Crippen molar-refractivity contribution in [2.24, 2.45) is 5.10 Å². The number of aromatic amines is 2. The minimum atomic E-state index is -0.528. The lowest BCUT2D eigenvalue weighted by Gasteiger charge is -2.08. The first-order chi connectivity index (χ1) is 17.0. The third-order valence-electron chi connectivity index (χ3n) is 6.03. The van der Waals surface area contributed by atoms with Crippen LogP contribution in [0.3, 0.4) is 0 Å². The zero-order chi connectivity index (χ0) is 24.5. The number of aromatic nitrogens is 3. The number of fused-ring (bicyclic) bond motifs is 3. The first-order valence-electron chi connectivity index (χ1n) is 11.0. The molecule has 0 saturated carbocycles. The Kier molecular flexibility index (Phi) is 5.51. The molecule has 0 aliphatic carbocycles. The molecule has 0 saturated heterocycles. The lowest BCUT2D eigenvalue weighted by molar-refractivity contribution is 0.415. The molecule has 5 rings (SSSR count). The predicted octanol–water partition coefficient (Wildman–Crippen LogP) is 5.01. The first-order valence-corrected chi connectivity index (χ1v) is 11.0. The van der Waals surface area contributed by atoms with Crippen LogP contribution in [0.15, 0.2) is 64.5 Å². The van der Waals surface area contributed by atoms with Crippen LogP contribution in [0.4, 0.5) is 5.95 Å². The summed E-state index contributed by atoms with van der Waals surface area (Å²) in [5.41, 5.74) is 8.38. The number of nitrogens with one attached hydrogen (secondary N) is 3. The lowest BCUT2D eigenvalue weighted by Crippen LogP contribution is -2.16. The summed E-state index contributed by atoms with van der Waals surface area (Å²) in [7, 11) is 1.66. The molecule has 35 heavy (non-hydrogen) atoms. The number of nitrogens with zero attached hydrogens (tertiary/aromatic N) is 3. The molecule has 2 heterocycles. The number of anilines is 1. The molecule has 0 fully saturated rings. The third kappa shape index (κ3) is 3.89. The van der Waals surface area contributed by atoms with Gasteiger partial charge in [-0.05, 0) is 54.8 Å². The van der Waals surface area contributed by atoms with Crippen molar-refractivity contribution in [3.05, 3.63) is 87.2 Å². The topological polar surface area (TPSA) is 119 Å². The Bertz CT molecular complexity index is 1710. The van der Waals surface area contributed by atoms with Gasteiger partial charge in [-0.15, -0.1) is 0 Å². The molecule has 3 aromatic carbocycles. The summed E-state index contributed by atoms with van der Waals surface area (Å²) in [6.07, 6.45) is 1.70. The molecular formula is C27H22N6O2. The Morgan fingerprint density at radius 1 is 1.11 bits per heavy atom. The molecule has 0 aliphatic heterocycles. The van der Waals surface area contributed by atoms with Crippen molar-refractivity contribution in [3.8, 4) is 23.1 Å². The molecule has 0 spiro atoms. The van der Waals surface area contributed by atoms with Crippen LogP contribution in [-0.2, 0) is 0 Å². The van der Waals surface area contributed by atoms with E-state index in [2.05, 4.69) is 31.5 Å². The van der Waals surface area contributed by atoms with Gasteiger partial charge in [0, 0.05) is 27.4 Å². The standard InChI is InChI=1S/C27H22N6O2/c1-15-11-18(16(2)23-20-12-19(35-3)9-10-22(20)30-24(15)23)14-29-33-27-31-25(17-7-5-4-6-8-17)21(13-28)26(34)32-27/h4-12,14,30H,1-3H3,(H2,31,32,33,34). The number of methoxy groups -OCH3 is 1. The average molecular weight is 463 g/mol. The number of hydrazone groups is 1. The van der Waals surface area contributed by atoms with E-state index in [0.717, 1.165) is 44.2 Å². The second-order valence-electron chi connectivity index (χ2n) is 8.18. The van der Waals surface area contributed by atoms with E-state index >= 15 is 0 Å². The van der Waals surface area contributed by atoms with Crippen molar-refractivity contribution in [3.63, 3.8) is 0 Å². The Morgan fingerprint density at radius 3 is 2.66 bits per heavy atom. The molecule has 0 radical (unpaired) electrons. The minimum Gasteiger partial charge on any atom is -0.497 e. The number of hydrogen-bond donors (Lipinski definition) is 3. The summed E-state index contributed by atoms with van der Waals surface area (Å²) in [5, 5.41) is 15.9. The van der Waals surface area contributed by atoms with E-state index in [1.54, 1.807) is 25.5 Å². The van der Waals surface area contributed by atoms with Gasteiger partial charge in [-0.2, -0.15) is 10.4 Å². The number of nitriles is 1. The number of hydrogen-bond acceptors (Lipinski definition) is 6. The van der Waals surface area contributed by atoms with Gasteiger partial charge in [0.25, 0.3) is 5.56 Å². The number of aryl methyl sites for hydroxylation is 2. The van der Waals surface area contributed by atoms with Crippen molar-refractivity contribution in [1.82, 2.24) is 15.0 Å². The highest BCUT2D eigenvalue weighted by molar-refractivity contribution is 6.12. The minimum absolute atomic E-state index is 0.0441. The summed E-state index contributed by atoms with van der Waals surface area (Å²) in [6, 6.07) is 19.1. The normalized spacial score (nSPS) is 11.3. The van der Waals surface area contributed by atoms with Crippen LogP contribution < -0.4 is 15.7 Å². The van der Waals surface area contributed by atoms with E-state index in [1.807, 2.05) is 56.3 Å². The van der Waals surface area contributed by atoms with Crippen LogP contribution >= 0.6 is 0 Å². The quantitative estimate of drug-likeness (QED) is 0.250. The number of benzene rings is 3. The van der Waals surface area contributed by atoms with Crippen LogP contribution in [0.2, 0.25) is 0 Å². The molecule has 2 aromatic heterocycles. The Balaban J connectivity index is 1.53. The van der Waals surface area contributed by atoms with Crippen molar-refractivity contribution in [1.29, 1.82) is 5.26 Å². The number of ether oxygens (including phenoxy) is 1.